The van der Waals surface area contributed by atoms with Gasteiger partial charge in [0.05, 0.1) is 10.6 Å². The summed E-state index contributed by atoms with van der Waals surface area (Å²) in [5, 5.41) is 2.41. The van der Waals surface area contributed by atoms with Crippen molar-refractivity contribution in [2.75, 3.05) is 5.32 Å². The first kappa shape index (κ1) is 19.8. The highest BCUT2D eigenvalue weighted by molar-refractivity contribution is 7.91. The molecule has 5 nitrogen and oxygen atoms in total. The van der Waals surface area contributed by atoms with E-state index < -0.39 is 26.4 Å². The van der Waals surface area contributed by atoms with E-state index in [9.17, 15) is 22.0 Å². The Kier molecular flexibility index (Phi) is 5.33. The molecule has 1 aromatic heterocycles. The van der Waals surface area contributed by atoms with Gasteiger partial charge < -0.3 is 9.88 Å². The molecular weight excluding hydrogens is 386 g/mol. The van der Waals surface area contributed by atoms with E-state index in [1.165, 1.54) is 18.2 Å². The van der Waals surface area contributed by atoms with E-state index in [0.29, 0.717) is 0 Å². The number of para-hydroxylation sites is 1. The zero-order chi connectivity index (χ0) is 20.5. The van der Waals surface area contributed by atoms with Crippen LogP contribution in [0.3, 0.4) is 0 Å². The second-order valence-electron chi connectivity index (χ2n) is 6.25. The summed E-state index contributed by atoms with van der Waals surface area (Å²) >= 11 is 0. The van der Waals surface area contributed by atoms with Gasteiger partial charge in [-0.1, -0.05) is 12.1 Å². The number of benzene rings is 2. The summed E-state index contributed by atoms with van der Waals surface area (Å²) in [5.74, 6) is -4.16. The number of hydrogen-bond acceptors (Lipinski definition) is 3. The quantitative estimate of drug-likeness (QED) is 0.688. The first-order valence-corrected chi connectivity index (χ1v) is 9.94. The van der Waals surface area contributed by atoms with E-state index in [1.54, 1.807) is 24.3 Å². The molecule has 0 atom stereocenters. The van der Waals surface area contributed by atoms with Gasteiger partial charge in [0.25, 0.3) is 5.91 Å². The number of hydrogen-bond donors (Lipinski definition) is 1. The van der Waals surface area contributed by atoms with Crippen LogP contribution in [-0.2, 0) is 9.84 Å². The predicted octanol–water partition coefficient (Wildman–Crippen LogP) is 4.34. The molecule has 1 N–H and O–H groups in total. The average Bonchev–Trinajstić information content (AvgIpc) is 3.00. The molecule has 3 rings (SSSR count). The second-order valence-corrected chi connectivity index (χ2v) is 8.14. The Morgan fingerprint density at radius 1 is 0.929 bits per heavy atom. The minimum atomic E-state index is -4.83. The minimum Gasteiger partial charge on any atom is -0.321 e. The molecule has 0 aliphatic heterocycles. The van der Waals surface area contributed by atoms with Gasteiger partial charge in [0.15, 0.2) is 0 Å². The maximum absolute atomic E-state index is 12.9. The molecule has 28 heavy (non-hydrogen) atoms. The molecule has 1 heterocycles. The summed E-state index contributed by atoms with van der Waals surface area (Å²) in [6.07, 6.45) is 0. The van der Waals surface area contributed by atoms with E-state index in [-0.39, 0.29) is 11.3 Å². The van der Waals surface area contributed by atoms with E-state index in [2.05, 4.69) is 5.32 Å². The van der Waals surface area contributed by atoms with Gasteiger partial charge in [0.2, 0.25) is 9.84 Å². The Balaban J connectivity index is 1.87. The SMILES string of the molecule is Cc1ccc(C)n1-c1ccc(C(=O)Nc2ccccc2S(=O)(=O)C(F)F)cc1. The molecule has 1 amide bonds. The fourth-order valence-electron chi connectivity index (χ4n) is 2.95. The molecule has 2 aromatic carbocycles. The Labute approximate surface area is 161 Å². The summed E-state index contributed by atoms with van der Waals surface area (Å²) in [6.45, 7) is 3.93. The predicted molar refractivity (Wildman–Crippen MR) is 103 cm³/mol. The fourth-order valence-corrected chi connectivity index (χ4v) is 3.83. The zero-order valence-corrected chi connectivity index (χ0v) is 16.0. The minimum absolute atomic E-state index is 0.186. The van der Waals surface area contributed by atoms with Crippen molar-refractivity contribution in [3.05, 3.63) is 77.6 Å². The Hall–Kier alpha value is -3.00. The van der Waals surface area contributed by atoms with Crippen molar-refractivity contribution in [1.29, 1.82) is 0 Å². The molecule has 0 fully saturated rings. The number of rotatable bonds is 5. The van der Waals surface area contributed by atoms with E-state index in [4.69, 9.17) is 0 Å². The number of aromatic nitrogens is 1. The molecule has 0 saturated carbocycles. The zero-order valence-electron chi connectivity index (χ0n) is 15.2. The molecule has 0 saturated heterocycles. The number of carbonyl (C=O) groups excluding carboxylic acids is 1. The Bertz CT molecular complexity index is 1100. The molecule has 146 valence electrons. The van der Waals surface area contributed by atoms with Crippen LogP contribution in [0.25, 0.3) is 5.69 Å². The summed E-state index contributed by atoms with van der Waals surface area (Å²) in [7, 11) is -4.83. The number of carbonyl (C=O) groups is 1. The normalized spacial score (nSPS) is 11.6. The number of sulfone groups is 1. The van der Waals surface area contributed by atoms with Crippen molar-refractivity contribution in [2.24, 2.45) is 0 Å². The standard InChI is InChI=1S/C20H18F2N2O3S/c1-13-7-8-14(2)24(13)16-11-9-15(10-12-16)19(25)23-17-5-3-4-6-18(17)28(26,27)20(21)22/h3-12,20H,1-2H3,(H,23,25). The van der Waals surface area contributed by atoms with Crippen LogP contribution < -0.4 is 5.32 Å². The molecule has 8 heteroatoms. The highest BCUT2D eigenvalue weighted by Crippen LogP contribution is 2.26. The molecule has 0 aliphatic carbocycles. The van der Waals surface area contributed by atoms with Crippen LogP contribution in [0, 0.1) is 13.8 Å². The molecule has 0 radical (unpaired) electrons. The van der Waals surface area contributed by atoms with Gasteiger partial charge in [-0.25, -0.2) is 8.42 Å². The molecular formula is C20H18F2N2O3S. The summed E-state index contributed by atoms with van der Waals surface area (Å²) in [4.78, 5) is 11.9. The molecule has 0 bridgehead atoms. The average molecular weight is 404 g/mol. The third-order valence-electron chi connectivity index (χ3n) is 4.34. The second kappa shape index (κ2) is 7.55. The first-order chi connectivity index (χ1) is 13.2. The van der Waals surface area contributed by atoms with Crippen LogP contribution in [0.4, 0.5) is 14.5 Å². The van der Waals surface area contributed by atoms with Crippen molar-refractivity contribution >= 4 is 21.4 Å². The van der Waals surface area contributed by atoms with Crippen LogP contribution in [0.2, 0.25) is 0 Å². The highest BCUT2D eigenvalue weighted by atomic mass is 32.2. The number of anilines is 1. The van der Waals surface area contributed by atoms with Gasteiger partial charge in [-0.15, -0.1) is 0 Å². The van der Waals surface area contributed by atoms with Crippen LogP contribution in [0.15, 0.2) is 65.6 Å². The van der Waals surface area contributed by atoms with Crippen LogP contribution >= 0.6 is 0 Å². The van der Waals surface area contributed by atoms with Crippen LogP contribution in [0.5, 0.6) is 0 Å². The van der Waals surface area contributed by atoms with E-state index >= 15 is 0 Å². The summed E-state index contributed by atoms with van der Waals surface area (Å²) < 4.78 is 51.4. The van der Waals surface area contributed by atoms with Crippen molar-refractivity contribution < 1.29 is 22.0 Å². The third kappa shape index (κ3) is 3.68. The van der Waals surface area contributed by atoms with Gasteiger partial charge in [-0.3, -0.25) is 4.79 Å². The van der Waals surface area contributed by atoms with Crippen LogP contribution in [0.1, 0.15) is 21.7 Å². The topological polar surface area (TPSA) is 68.2 Å². The fraction of sp³-hybridized carbons (Fsp3) is 0.150. The monoisotopic (exact) mass is 404 g/mol. The summed E-state index contributed by atoms with van der Waals surface area (Å²) in [6, 6.07) is 15.8. The molecule has 0 unspecified atom stereocenters. The van der Waals surface area contributed by atoms with E-state index in [0.717, 1.165) is 23.1 Å². The largest absolute Gasteiger partial charge is 0.341 e. The van der Waals surface area contributed by atoms with Gasteiger partial charge >= 0.3 is 5.76 Å². The third-order valence-corrected chi connectivity index (χ3v) is 5.77. The number of amides is 1. The smallest absolute Gasteiger partial charge is 0.321 e. The number of aryl methyl sites for hydroxylation is 2. The van der Waals surface area contributed by atoms with Gasteiger partial charge in [0.1, 0.15) is 0 Å². The van der Waals surface area contributed by atoms with Gasteiger partial charge in [-0.2, -0.15) is 8.78 Å². The lowest BCUT2D eigenvalue weighted by atomic mass is 10.2. The van der Waals surface area contributed by atoms with Crippen molar-refractivity contribution in [3.63, 3.8) is 0 Å². The maximum atomic E-state index is 12.9. The number of halogens is 2. The van der Waals surface area contributed by atoms with Gasteiger partial charge in [0, 0.05) is 22.6 Å². The van der Waals surface area contributed by atoms with Gasteiger partial charge in [-0.05, 0) is 62.4 Å². The maximum Gasteiger partial charge on any atom is 0.341 e. The number of alkyl halides is 2. The van der Waals surface area contributed by atoms with Crippen molar-refractivity contribution in [3.8, 4) is 5.69 Å². The lowest BCUT2D eigenvalue weighted by molar-refractivity contribution is 0.102. The first-order valence-electron chi connectivity index (χ1n) is 8.39. The lowest BCUT2D eigenvalue weighted by Gasteiger charge is -2.12. The van der Waals surface area contributed by atoms with Crippen LogP contribution in [-0.4, -0.2) is 24.6 Å². The Morgan fingerprint density at radius 2 is 1.50 bits per heavy atom. The summed E-state index contributed by atoms with van der Waals surface area (Å²) in [5.41, 5.74) is 3.04. The molecule has 3 aromatic rings. The lowest BCUT2D eigenvalue weighted by Crippen LogP contribution is -2.17. The number of nitrogens with one attached hydrogen (secondary N) is 1. The van der Waals surface area contributed by atoms with Crippen molar-refractivity contribution in [1.82, 2.24) is 4.57 Å². The number of nitrogens with zero attached hydrogens (tertiary/aromatic N) is 1. The molecule has 0 aliphatic rings. The van der Waals surface area contributed by atoms with Crippen molar-refractivity contribution in [2.45, 2.75) is 24.5 Å². The Morgan fingerprint density at radius 3 is 2.07 bits per heavy atom. The van der Waals surface area contributed by atoms with E-state index in [1.807, 2.05) is 30.5 Å². The molecule has 0 spiro atoms. The highest BCUT2D eigenvalue weighted by Gasteiger charge is 2.29.